The van der Waals surface area contributed by atoms with Crippen molar-refractivity contribution in [2.75, 3.05) is 17.3 Å². The highest BCUT2D eigenvalue weighted by molar-refractivity contribution is 6.11. The van der Waals surface area contributed by atoms with Gasteiger partial charge in [0, 0.05) is 17.6 Å². The largest absolute Gasteiger partial charge is 0.497 e. The zero-order chi connectivity index (χ0) is 19.0. The number of aryl methyl sites for hydroxylation is 2. The van der Waals surface area contributed by atoms with Gasteiger partial charge in [0.15, 0.2) is 6.17 Å². The maximum atomic E-state index is 13.1. The number of pyridine rings is 1. The van der Waals surface area contributed by atoms with Crippen molar-refractivity contribution in [3.63, 3.8) is 0 Å². The first kappa shape index (κ1) is 17.1. The summed E-state index contributed by atoms with van der Waals surface area (Å²) in [6.07, 6.45) is 1.35. The van der Waals surface area contributed by atoms with Crippen molar-refractivity contribution >= 4 is 17.3 Å². The SMILES string of the molecule is COc1ccc(N2C(=O)c3cccnc3[C@H]2Nc2ccc(C)cc2C)cc1. The van der Waals surface area contributed by atoms with Crippen LogP contribution >= 0.6 is 0 Å². The molecule has 0 saturated heterocycles. The molecule has 5 nitrogen and oxygen atoms in total. The Balaban J connectivity index is 1.77. The number of hydrogen-bond donors (Lipinski definition) is 1. The molecule has 0 spiro atoms. The van der Waals surface area contributed by atoms with E-state index in [2.05, 4.69) is 36.3 Å². The van der Waals surface area contributed by atoms with Gasteiger partial charge < -0.3 is 10.1 Å². The third-order valence-electron chi connectivity index (χ3n) is 4.83. The number of fused-ring (bicyclic) bond motifs is 1. The van der Waals surface area contributed by atoms with Crippen LogP contribution in [0.1, 0.15) is 33.3 Å². The molecule has 1 atom stereocenters. The van der Waals surface area contributed by atoms with Crippen LogP contribution in [0.4, 0.5) is 11.4 Å². The van der Waals surface area contributed by atoms with Crippen molar-refractivity contribution in [3.8, 4) is 5.75 Å². The van der Waals surface area contributed by atoms with Crippen LogP contribution in [0.2, 0.25) is 0 Å². The van der Waals surface area contributed by atoms with E-state index in [1.54, 1.807) is 24.3 Å². The zero-order valence-corrected chi connectivity index (χ0v) is 15.6. The second kappa shape index (κ2) is 6.76. The van der Waals surface area contributed by atoms with E-state index in [0.29, 0.717) is 5.56 Å². The summed E-state index contributed by atoms with van der Waals surface area (Å²) < 4.78 is 5.24. The predicted octanol–water partition coefficient (Wildman–Crippen LogP) is 4.48. The van der Waals surface area contributed by atoms with Gasteiger partial charge in [0.25, 0.3) is 5.91 Å². The molecule has 0 bridgehead atoms. The Bertz CT molecular complexity index is 999. The van der Waals surface area contributed by atoms with Crippen molar-refractivity contribution in [2.24, 2.45) is 0 Å². The normalized spacial score (nSPS) is 15.6. The number of hydrogen-bond acceptors (Lipinski definition) is 4. The Morgan fingerprint density at radius 3 is 2.56 bits per heavy atom. The standard InChI is InChI=1S/C22H21N3O2/c1-14-6-11-19(15(2)13-14)24-21-20-18(5-4-12-23-20)22(26)25(21)16-7-9-17(27-3)10-8-16/h4-13,21,24H,1-3H3/t21-/m0/s1. The topological polar surface area (TPSA) is 54.5 Å². The smallest absolute Gasteiger partial charge is 0.262 e. The van der Waals surface area contributed by atoms with Crippen LogP contribution in [0.15, 0.2) is 60.8 Å². The van der Waals surface area contributed by atoms with Crippen LogP contribution in [0.5, 0.6) is 5.75 Å². The molecule has 4 rings (SSSR count). The molecule has 0 saturated carbocycles. The van der Waals surface area contributed by atoms with Crippen LogP contribution in [-0.2, 0) is 0 Å². The lowest BCUT2D eigenvalue weighted by atomic mass is 10.1. The number of carbonyl (C=O) groups is 1. The quantitative estimate of drug-likeness (QED) is 0.746. The van der Waals surface area contributed by atoms with Gasteiger partial charge in [0.2, 0.25) is 0 Å². The first-order valence-corrected chi connectivity index (χ1v) is 8.85. The molecule has 5 heteroatoms. The van der Waals surface area contributed by atoms with Crippen molar-refractivity contribution in [2.45, 2.75) is 20.0 Å². The molecule has 0 unspecified atom stereocenters. The van der Waals surface area contributed by atoms with Gasteiger partial charge in [0.1, 0.15) is 5.75 Å². The van der Waals surface area contributed by atoms with Crippen LogP contribution in [-0.4, -0.2) is 18.0 Å². The first-order valence-electron chi connectivity index (χ1n) is 8.85. The van der Waals surface area contributed by atoms with Gasteiger partial charge in [-0.05, 0) is 61.9 Å². The monoisotopic (exact) mass is 359 g/mol. The summed E-state index contributed by atoms with van der Waals surface area (Å²) in [4.78, 5) is 19.3. The van der Waals surface area contributed by atoms with E-state index in [4.69, 9.17) is 4.74 Å². The minimum atomic E-state index is -0.372. The van der Waals surface area contributed by atoms with E-state index in [-0.39, 0.29) is 12.1 Å². The van der Waals surface area contributed by atoms with Crippen LogP contribution in [0.25, 0.3) is 0 Å². The molecular formula is C22H21N3O2. The summed E-state index contributed by atoms with van der Waals surface area (Å²) in [7, 11) is 1.63. The Kier molecular flexibility index (Phi) is 4.28. The molecular weight excluding hydrogens is 338 g/mol. The second-order valence-corrected chi connectivity index (χ2v) is 6.67. The molecule has 136 valence electrons. The van der Waals surface area contributed by atoms with E-state index in [1.165, 1.54) is 5.56 Å². The molecule has 1 aliphatic heterocycles. The van der Waals surface area contributed by atoms with E-state index in [0.717, 1.165) is 28.4 Å². The van der Waals surface area contributed by atoms with E-state index in [9.17, 15) is 4.79 Å². The minimum Gasteiger partial charge on any atom is -0.497 e. The number of ether oxygens (including phenoxy) is 1. The van der Waals surface area contributed by atoms with Gasteiger partial charge >= 0.3 is 0 Å². The van der Waals surface area contributed by atoms with Gasteiger partial charge in [-0.1, -0.05) is 17.7 Å². The van der Waals surface area contributed by atoms with Gasteiger partial charge in [-0.15, -0.1) is 0 Å². The van der Waals surface area contributed by atoms with Crippen LogP contribution in [0, 0.1) is 13.8 Å². The Morgan fingerprint density at radius 1 is 1.07 bits per heavy atom. The number of rotatable bonds is 4. The van der Waals surface area contributed by atoms with E-state index >= 15 is 0 Å². The highest BCUT2D eigenvalue weighted by Gasteiger charge is 2.39. The van der Waals surface area contributed by atoms with Crippen LogP contribution < -0.4 is 15.0 Å². The summed E-state index contributed by atoms with van der Waals surface area (Å²) >= 11 is 0. The minimum absolute atomic E-state index is 0.0643. The van der Waals surface area contributed by atoms with Crippen LogP contribution in [0.3, 0.4) is 0 Å². The number of carbonyl (C=O) groups excluding carboxylic acids is 1. The number of benzene rings is 2. The fraction of sp³-hybridized carbons (Fsp3) is 0.182. The number of aromatic nitrogens is 1. The molecule has 27 heavy (non-hydrogen) atoms. The van der Waals surface area contributed by atoms with Crippen molar-refractivity contribution in [1.82, 2.24) is 4.98 Å². The Morgan fingerprint density at radius 2 is 1.85 bits per heavy atom. The summed E-state index contributed by atoms with van der Waals surface area (Å²) in [6.45, 7) is 4.12. The Labute approximate surface area is 158 Å². The molecule has 1 amide bonds. The number of anilines is 2. The lowest BCUT2D eigenvalue weighted by molar-refractivity contribution is 0.0993. The number of nitrogens with zero attached hydrogens (tertiary/aromatic N) is 2. The van der Waals surface area contributed by atoms with Gasteiger partial charge in [0.05, 0.1) is 18.4 Å². The Hall–Kier alpha value is -3.34. The van der Waals surface area contributed by atoms with Crippen molar-refractivity contribution in [1.29, 1.82) is 0 Å². The molecule has 1 aliphatic rings. The third-order valence-corrected chi connectivity index (χ3v) is 4.83. The molecule has 3 aromatic rings. The predicted molar refractivity (Wildman–Crippen MR) is 106 cm³/mol. The lowest BCUT2D eigenvalue weighted by Crippen LogP contribution is -2.32. The van der Waals surface area contributed by atoms with E-state index < -0.39 is 0 Å². The van der Waals surface area contributed by atoms with Gasteiger partial charge in [-0.3, -0.25) is 14.7 Å². The van der Waals surface area contributed by atoms with Gasteiger partial charge in [-0.2, -0.15) is 0 Å². The fourth-order valence-electron chi connectivity index (χ4n) is 3.45. The zero-order valence-electron chi connectivity index (χ0n) is 15.6. The lowest BCUT2D eigenvalue weighted by Gasteiger charge is -2.27. The summed E-state index contributed by atoms with van der Waals surface area (Å²) in [5.74, 6) is 0.686. The number of methoxy groups -OCH3 is 1. The summed E-state index contributed by atoms with van der Waals surface area (Å²) in [5.41, 5.74) is 5.46. The van der Waals surface area contributed by atoms with Crippen molar-refractivity contribution < 1.29 is 9.53 Å². The summed E-state index contributed by atoms with van der Waals surface area (Å²) in [5, 5.41) is 3.51. The average molecular weight is 359 g/mol. The highest BCUT2D eigenvalue weighted by atomic mass is 16.5. The van der Waals surface area contributed by atoms with Crippen molar-refractivity contribution in [3.05, 3.63) is 83.2 Å². The molecule has 1 N–H and O–H groups in total. The van der Waals surface area contributed by atoms with E-state index in [1.807, 2.05) is 36.4 Å². The fourth-order valence-corrected chi connectivity index (χ4v) is 3.45. The molecule has 2 heterocycles. The maximum Gasteiger partial charge on any atom is 0.262 e. The highest BCUT2D eigenvalue weighted by Crippen LogP contribution is 2.37. The number of nitrogens with one attached hydrogen (secondary N) is 1. The molecule has 0 radical (unpaired) electrons. The average Bonchev–Trinajstić information content (AvgIpc) is 2.96. The molecule has 1 aromatic heterocycles. The molecule has 0 aliphatic carbocycles. The number of amides is 1. The maximum absolute atomic E-state index is 13.1. The summed E-state index contributed by atoms with van der Waals surface area (Å²) in [6, 6.07) is 17.3. The first-order chi connectivity index (χ1) is 13.1. The molecule has 2 aromatic carbocycles. The second-order valence-electron chi connectivity index (χ2n) is 6.67. The molecule has 0 fully saturated rings. The van der Waals surface area contributed by atoms with Gasteiger partial charge in [-0.25, -0.2) is 0 Å². The third kappa shape index (κ3) is 3.01.